The topological polar surface area (TPSA) is 39.1 Å². The lowest BCUT2D eigenvalue weighted by atomic mass is 10.2. The van der Waals surface area contributed by atoms with Crippen LogP contribution >= 0.6 is 11.6 Å². The molecule has 0 radical (unpaired) electrons. The van der Waals surface area contributed by atoms with Gasteiger partial charge in [0.1, 0.15) is 5.75 Å². The number of halogens is 1. The third kappa shape index (κ3) is 3.72. The third-order valence-corrected chi connectivity index (χ3v) is 3.32. The second kappa shape index (κ2) is 6.59. The van der Waals surface area contributed by atoms with Crippen LogP contribution in [0.15, 0.2) is 36.9 Å². The van der Waals surface area contributed by atoms with Gasteiger partial charge in [0.25, 0.3) is 0 Å². The Morgan fingerprint density at radius 2 is 2.32 bits per heavy atom. The van der Waals surface area contributed by atoms with E-state index in [-0.39, 0.29) is 0 Å². The molecule has 1 aromatic heterocycles. The number of hydrogen-bond donors (Lipinski definition) is 1. The summed E-state index contributed by atoms with van der Waals surface area (Å²) in [6, 6.07) is 6.00. The van der Waals surface area contributed by atoms with E-state index in [1.54, 1.807) is 13.3 Å². The van der Waals surface area contributed by atoms with Crippen LogP contribution in [0.2, 0.25) is 5.02 Å². The molecule has 1 unspecified atom stereocenters. The summed E-state index contributed by atoms with van der Waals surface area (Å²) in [5.41, 5.74) is 0.990. The first-order valence-electron chi connectivity index (χ1n) is 6.21. The molecule has 0 aliphatic heterocycles. The fourth-order valence-electron chi connectivity index (χ4n) is 1.95. The van der Waals surface area contributed by atoms with E-state index in [0.29, 0.717) is 12.6 Å². The number of imidazole rings is 1. The summed E-state index contributed by atoms with van der Waals surface area (Å²) in [7, 11) is 1.66. The largest absolute Gasteiger partial charge is 0.496 e. The highest BCUT2D eigenvalue weighted by Gasteiger charge is 2.09. The van der Waals surface area contributed by atoms with Crippen molar-refractivity contribution in [3.05, 3.63) is 47.5 Å². The second-order valence-corrected chi connectivity index (χ2v) is 4.87. The molecule has 0 saturated carbocycles. The van der Waals surface area contributed by atoms with Crippen molar-refractivity contribution in [3.63, 3.8) is 0 Å². The molecule has 0 spiro atoms. The summed E-state index contributed by atoms with van der Waals surface area (Å²) in [5.74, 6) is 0.815. The Balaban J connectivity index is 1.95. The molecule has 0 amide bonds. The molecule has 102 valence electrons. The monoisotopic (exact) mass is 279 g/mol. The molecule has 0 fully saturated rings. The van der Waals surface area contributed by atoms with Gasteiger partial charge in [0, 0.05) is 42.1 Å². The summed E-state index contributed by atoms with van der Waals surface area (Å²) in [6.07, 6.45) is 5.55. The minimum absolute atomic E-state index is 0.315. The molecular formula is C14H18ClN3O. The van der Waals surface area contributed by atoms with Crippen LogP contribution in [0.5, 0.6) is 5.75 Å². The Hall–Kier alpha value is -1.52. The van der Waals surface area contributed by atoms with Gasteiger partial charge < -0.3 is 14.6 Å². The average Bonchev–Trinajstić information content (AvgIpc) is 2.89. The summed E-state index contributed by atoms with van der Waals surface area (Å²) in [5, 5.41) is 4.16. The van der Waals surface area contributed by atoms with Crippen molar-refractivity contribution in [3.8, 4) is 5.75 Å². The maximum Gasteiger partial charge on any atom is 0.124 e. The SMILES string of the molecule is COc1cccc(Cl)c1CNC(C)Cn1ccnc1. The quantitative estimate of drug-likeness (QED) is 0.884. The average molecular weight is 280 g/mol. The Labute approximate surface area is 118 Å². The number of aromatic nitrogens is 2. The number of methoxy groups -OCH3 is 1. The first-order valence-corrected chi connectivity index (χ1v) is 6.59. The summed E-state index contributed by atoms with van der Waals surface area (Å²) < 4.78 is 7.37. The zero-order chi connectivity index (χ0) is 13.7. The van der Waals surface area contributed by atoms with Gasteiger partial charge in [-0.3, -0.25) is 0 Å². The molecule has 4 nitrogen and oxygen atoms in total. The van der Waals surface area contributed by atoms with Crippen molar-refractivity contribution in [2.75, 3.05) is 7.11 Å². The molecule has 0 aliphatic rings. The van der Waals surface area contributed by atoms with Crippen LogP contribution in [-0.2, 0) is 13.1 Å². The van der Waals surface area contributed by atoms with Crippen LogP contribution in [0.25, 0.3) is 0 Å². The molecule has 0 saturated heterocycles. The lowest BCUT2D eigenvalue weighted by molar-refractivity contribution is 0.403. The van der Waals surface area contributed by atoms with Crippen molar-refractivity contribution in [2.24, 2.45) is 0 Å². The van der Waals surface area contributed by atoms with Gasteiger partial charge in [-0.2, -0.15) is 0 Å². The van der Waals surface area contributed by atoms with Crippen LogP contribution < -0.4 is 10.1 Å². The van der Waals surface area contributed by atoms with Crippen molar-refractivity contribution < 1.29 is 4.74 Å². The zero-order valence-corrected chi connectivity index (χ0v) is 11.9. The van der Waals surface area contributed by atoms with Crippen molar-refractivity contribution in [1.29, 1.82) is 0 Å². The number of ether oxygens (including phenoxy) is 1. The zero-order valence-electron chi connectivity index (χ0n) is 11.1. The second-order valence-electron chi connectivity index (χ2n) is 4.46. The van der Waals surface area contributed by atoms with Crippen LogP contribution in [0.1, 0.15) is 12.5 Å². The summed E-state index contributed by atoms with van der Waals surface area (Å²) in [4.78, 5) is 4.03. The third-order valence-electron chi connectivity index (χ3n) is 2.97. The van der Waals surface area contributed by atoms with Crippen LogP contribution in [0.4, 0.5) is 0 Å². The lowest BCUT2D eigenvalue weighted by Crippen LogP contribution is -2.29. The number of nitrogens with one attached hydrogen (secondary N) is 1. The fraction of sp³-hybridized carbons (Fsp3) is 0.357. The first kappa shape index (κ1) is 13.9. The van der Waals surface area contributed by atoms with E-state index in [1.165, 1.54) is 0 Å². The van der Waals surface area contributed by atoms with Gasteiger partial charge in [0.15, 0.2) is 0 Å². The van der Waals surface area contributed by atoms with Gasteiger partial charge in [-0.25, -0.2) is 4.98 Å². The maximum atomic E-state index is 6.20. The molecular weight excluding hydrogens is 262 g/mol. The van der Waals surface area contributed by atoms with E-state index >= 15 is 0 Å². The highest BCUT2D eigenvalue weighted by Crippen LogP contribution is 2.25. The van der Waals surface area contributed by atoms with Crippen LogP contribution in [-0.4, -0.2) is 22.7 Å². The van der Waals surface area contributed by atoms with Gasteiger partial charge >= 0.3 is 0 Å². The van der Waals surface area contributed by atoms with Gasteiger partial charge in [0.05, 0.1) is 13.4 Å². The van der Waals surface area contributed by atoms with Crippen LogP contribution in [0.3, 0.4) is 0 Å². The summed E-state index contributed by atoms with van der Waals surface area (Å²) >= 11 is 6.20. The van der Waals surface area contributed by atoms with E-state index in [2.05, 4.69) is 17.2 Å². The Morgan fingerprint density at radius 1 is 1.47 bits per heavy atom. The lowest BCUT2D eigenvalue weighted by Gasteiger charge is -2.16. The predicted molar refractivity (Wildman–Crippen MR) is 76.5 cm³/mol. The van der Waals surface area contributed by atoms with Crippen molar-refractivity contribution in [1.82, 2.24) is 14.9 Å². The normalized spacial score (nSPS) is 12.4. The smallest absolute Gasteiger partial charge is 0.124 e. The number of nitrogens with zero attached hydrogens (tertiary/aromatic N) is 2. The van der Waals surface area contributed by atoms with Crippen LogP contribution in [0, 0.1) is 0 Å². The highest BCUT2D eigenvalue weighted by atomic mass is 35.5. The first-order chi connectivity index (χ1) is 9.20. The Morgan fingerprint density at radius 3 is 3.00 bits per heavy atom. The number of hydrogen-bond acceptors (Lipinski definition) is 3. The minimum atomic E-state index is 0.315. The molecule has 1 aromatic carbocycles. The molecule has 19 heavy (non-hydrogen) atoms. The molecule has 1 atom stereocenters. The van der Waals surface area contributed by atoms with Gasteiger partial charge in [-0.05, 0) is 19.1 Å². The fourth-order valence-corrected chi connectivity index (χ4v) is 2.19. The molecule has 2 aromatic rings. The Kier molecular flexibility index (Phi) is 4.82. The van der Waals surface area contributed by atoms with Crippen molar-refractivity contribution in [2.45, 2.75) is 26.1 Å². The van der Waals surface area contributed by atoms with Gasteiger partial charge in [0.2, 0.25) is 0 Å². The van der Waals surface area contributed by atoms with E-state index in [4.69, 9.17) is 16.3 Å². The molecule has 5 heteroatoms. The van der Waals surface area contributed by atoms with Gasteiger partial charge in [-0.15, -0.1) is 0 Å². The molecule has 0 aliphatic carbocycles. The van der Waals surface area contributed by atoms with Crippen molar-refractivity contribution >= 4 is 11.6 Å². The highest BCUT2D eigenvalue weighted by molar-refractivity contribution is 6.31. The molecule has 1 N–H and O–H groups in total. The predicted octanol–water partition coefficient (Wildman–Crippen LogP) is 2.72. The standard InChI is InChI=1S/C14H18ClN3O/c1-11(9-18-7-6-16-10-18)17-8-12-13(15)4-3-5-14(12)19-2/h3-7,10-11,17H,8-9H2,1-2H3. The Bertz CT molecular complexity index is 513. The maximum absolute atomic E-state index is 6.20. The molecule has 2 rings (SSSR count). The van der Waals surface area contributed by atoms with E-state index < -0.39 is 0 Å². The molecule has 0 bridgehead atoms. The summed E-state index contributed by atoms with van der Waals surface area (Å²) in [6.45, 7) is 3.68. The minimum Gasteiger partial charge on any atom is -0.496 e. The van der Waals surface area contributed by atoms with E-state index in [9.17, 15) is 0 Å². The number of benzene rings is 1. The number of rotatable bonds is 6. The van der Waals surface area contributed by atoms with Gasteiger partial charge in [-0.1, -0.05) is 17.7 Å². The van der Waals surface area contributed by atoms with E-state index in [0.717, 1.165) is 22.9 Å². The van der Waals surface area contributed by atoms with E-state index in [1.807, 2.05) is 35.3 Å². The molecule has 1 heterocycles.